The molecule has 2 rings (SSSR count). The molecule has 0 spiro atoms. The number of ether oxygens (including phenoxy) is 1. The molecule has 1 aromatic heterocycles. The van der Waals surface area contributed by atoms with Crippen molar-refractivity contribution in [3.63, 3.8) is 0 Å². The predicted octanol–water partition coefficient (Wildman–Crippen LogP) is 3.39. The molecule has 1 unspecified atom stereocenters. The molecule has 0 saturated carbocycles. The van der Waals surface area contributed by atoms with Crippen LogP contribution in [0.3, 0.4) is 0 Å². The maximum atomic E-state index is 13.5. The molecule has 0 aliphatic heterocycles. The zero-order chi connectivity index (χ0) is 14.5. The third kappa shape index (κ3) is 3.08. The van der Waals surface area contributed by atoms with Gasteiger partial charge in [-0.1, -0.05) is 23.7 Å². The van der Waals surface area contributed by atoms with Crippen LogP contribution in [0.2, 0.25) is 5.02 Å². The Labute approximate surface area is 122 Å². The number of likely N-dealkylation sites (N-methyl/N-ethyl adjacent to an activating group) is 1. The highest BCUT2D eigenvalue weighted by Gasteiger charge is 2.17. The molecule has 0 fully saturated rings. The van der Waals surface area contributed by atoms with E-state index in [1.807, 2.05) is 19.2 Å². The summed E-state index contributed by atoms with van der Waals surface area (Å²) in [6.07, 6.45) is 3.93. The lowest BCUT2D eigenvalue weighted by molar-refractivity contribution is 0.399. The monoisotopic (exact) mass is 294 g/mol. The van der Waals surface area contributed by atoms with Gasteiger partial charge in [0, 0.05) is 17.8 Å². The van der Waals surface area contributed by atoms with Gasteiger partial charge in [0.15, 0.2) is 0 Å². The molecule has 0 aliphatic rings. The van der Waals surface area contributed by atoms with Gasteiger partial charge in [0.25, 0.3) is 0 Å². The van der Waals surface area contributed by atoms with Gasteiger partial charge in [-0.3, -0.25) is 4.98 Å². The van der Waals surface area contributed by atoms with Crippen molar-refractivity contribution in [3.8, 4) is 5.75 Å². The Bertz CT molecular complexity index is 592. The summed E-state index contributed by atoms with van der Waals surface area (Å²) in [6, 6.07) is 6.68. The van der Waals surface area contributed by atoms with Crippen molar-refractivity contribution < 1.29 is 9.13 Å². The van der Waals surface area contributed by atoms with Crippen molar-refractivity contribution in [1.29, 1.82) is 0 Å². The van der Waals surface area contributed by atoms with Gasteiger partial charge < -0.3 is 10.1 Å². The SMILES string of the molecule is CNC(Cc1cccc(F)c1Cl)c1ccncc1OC. The van der Waals surface area contributed by atoms with Crippen LogP contribution in [-0.4, -0.2) is 19.1 Å². The summed E-state index contributed by atoms with van der Waals surface area (Å²) in [5.74, 6) is 0.292. The van der Waals surface area contributed by atoms with Crippen molar-refractivity contribution in [3.05, 3.63) is 58.6 Å². The highest BCUT2D eigenvalue weighted by atomic mass is 35.5. The van der Waals surface area contributed by atoms with Gasteiger partial charge in [-0.05, 0) is 31.2 Å². The zero-order valence-corrected chi connectivity index (χ0v) is 12.1. The van der Waals surface area contributed by atoms with Crippen LogP contribution in [0.4, 0.5) is 4.39 Å². The number of hydrogen-bond donors (Lipinski definition) is 1. The van der Waals surface area contributed by atoms with E-state index in [0.717, 1.165) is 11.1 Å². The first-order valence-corrected chi connectivity index (χ1v) is 6.63. The number of pyridine rings is 1. The number of nitrogens with zero attached hydrogens (tertiary/aromatic N) is 1. The van der Waals surface area contributed by atoms with E-state index in [-0.39, 0.29) is 11.1 Å². The van der Waals surface area contributed by atoms with Crippen molar-refractivity contribution in [2.45, 2.75) is 12.5 Å². The average Bonchev–Trinajstić information content (AvgIpc) is 2.49. The van der Waals surface area contributed by atoms with Crippen LogP contribution in [0, 0.1) is 5.82 Å². The van der Waals surface area contributed by atoms with E-state index in [1.165, 1.54) is 6.07 Å². The van der Waals surface area contributed by atoms with Gasteiger partial charge in [-0.15, -0.1) is 0 Å². The molecule has 3 nitrogen and oxygen atoms in total. The number of halogens is 2. The van der Waals surface area contributed by atoms with Crippen molar-refractivity contribution in [1.82, 2.24) is 10.3 Å². The van der Waals surface area contributed by atoms with Crippen LogP contribution in [0.25, 0.3) is 0 Å². The normalized spacial score (nSPS) is 12.2. The number of nitrogens with one attached hydrogen (secondary N) is 1. The summed E-state index contributed by atoms with van der Waals surface area (Å²) in [5.41, 5.74) is 1.72. The summed E-state index contributed by atoms with van der Waals surface area (Å²) in [5, 5.41) is 3.37. The minimum atomic E-state index is -0.402. The summed E-state index contributed by atoms with van der Waals surface area (Å²) in [6.45, 7) is 0. The minimum Gasteiger partial charge on any atom is -0.495 e. The molecule has 0 saturated heterocycles. The van der Waals surface area contributed by atoms with E-state index in [2.05, 4.69) is 10.3 Å². The number of hydrogen-bond acceptors (Lipinski definition) is 3. The third-order valence-corrected chi connectivity index (χ3v) is 3.64. The van der Waals surface area contributed by atoms with Gasteiger partial charge in [0.1, 0.15) is 11.6 Å². The smallest absolute Gasteiger partial charge is 0.142 e. The summed E-state index contributed by atoms with van der Waals surface area (Å²) < 4.78 is 18.8. The molecule has 1 heterocycles. The standard InChI is InChI=1S/C15H16ClFN2O/c1-18-13(11-6-7-19-9-14(11)20-2)8-10-4-3-5-12(17)15(10)16/h3-7,9,13,18H,8H2,1-2H3. The second-order valence-electron chi connectivity index (χ2n) is 4.38. The predicted molar refractivity (Wildman–Crippen MR) is 77.7 cm³/mol. The van der Waals surface area contributed by atoms with E-state index >= 15 is 0 Å². The molecule has 0 radical (unpaired) electrons. The molecule has 2 aromatic rings. The van der Waals surface area contributed by atoms with Gasteiger partial charge in [-0.2, -0.15) is 0 Å². The van der Waals surface area contributed by atoms with Gasteiger partial charge in [0.2, 0.25) is 0 Å². The first-order valence-electron chi connectivity index (χ1n) is 6.25. The Morgan fingerprint density at radius 1 is 1.40 bits per heavy atom. The number of aromatic nitrogens is 1. The fourth-order valence-corrected chi connectivity index (χ4v) is 2.35. The lowest BCUT2D eigenvalue weighted by Gasteiger charge is -2.19. The minimum absolute atomic E-state index is 0.0350. The van der Waals surface area contributed by atoms with Gasteiger partial charge >= 0.3 is 0 Å². The van der Waals surface area contributed by atoms with Crippen LogP contribution >= 0.6 is 11.6 Å². The molecule has 106 valence electrons. The molecule has 0 aliphatic carbocycles. The summed E-state index contributed by atoms with van der Waals surface area (Å²) in [7, 11) is 3.44. The van der Waals surface area contributed by atoms with Crippen LogP contribution < -0.4 is 10.1 Å². The average molecular weight is 295 g/mol. The molecule has 0 amide bonds. The van der Waals surface area contributed by atoms with Crippen LogP contribution in [0.15, 0.2) is 36.7 Å². The van der Waals surface area contributed by atoms with Crippen molar-refractivity contribution in [2.24, 2.45) is 0 Å². The second-order valence-corrected chi connectivity index (χ2v) is 4.75. The molecule has 1 N–H and O–H groups in total. The van der Waals surface area contributed by atoms with Crippen LogP contribution in [0.5, 0.6) is 5.75 Å². The van der Waals surface area contributed by atoms with Crippen molar-refractivity contribution in [2.75, 3.05) is 14.2 Å². The largest absolute Gasteiger partial charge is 0.495 e. The van der Waals surface area contributed by atoms with E-state index in [9.17, 15) is 4.39 Å². The maximum absolute atomic E-state index is 13.5. The Hall–Kier alpha value is -1.65. The maximum Gasteiger partial charge on any atom is 0.142 e. The lowest BCUT2D eigenvalue weighted by atomic mass is 9.99. The zero-order valence-electron chi connectivity index (χ0n) is 11.4. The number of benzene rings is 1. The molecular formula is C15H16ClFN2O. The van der Waals surface area contributed by atoms with Gasteiger partial charge in [0.05, 0.1) is 18.3 Å². The molecule has 0 bridgehead atoms. The molecular weight excluding hydrogens is 279 g/mol. The first-order chi connectivity index (χ1) is 9.67. The fourth-order valence-electron chi connectivity index (χ4n) is 2.14. The quantitative estimate of drug-likeness (QED) is 0.918. The van der Waals surface area contributed by atoms with Crippen LogP contribution in [0.1, 0.15) is 17.2 Å². The third-order valence-electron chi connectivity index (χ3n) is 3.22. The second kappa shape index (κ2) is 6.68. The van der Waals surface area contributed by atoms with Crippen molar-refractivity contribution >= 4 is 11.6 Å². The molecule has 5 heteroatoms. The highest BCUT2D eigenvalue weighted by Crippen LogP contribution is 2.29. The Morgan fingerprint density at radius 3 is 2.90 bits per heavy atom. The van der Waals surface area contributed by atoms with E-state index in [4.69, 9.17) is 16.3 Å². The van der Waals surface area contributed by atoms with E-state index in [1.54, 1.807) is 25.6 Å². The summed E-state index contributed by atoms with van der Waals surface area (Å²) >= 11 is 6.01. The fraction of sp³-hybridized carbons (Fsp3) is 0.267. The van der Waals surface area contributed by atoms with E-state index < -0.39 is 5.82 Å². The molecule has 1 atom stereocenters. The van der Waals surface area contributed by atoms with Crippen LogP contribution in [-0.2, 0) is 6.42 Å². The van der Waals surface area contributed by atoms with E-state index in [0.29, 0.717) is 12.2 Å². The Kier molecular flexibility index (Phi) is 4.93. The topological polar surface area (TPSA) is 34.2 Å². The molecule has 20 heavy (non-hydrogen) atoms. The number of rotatable bonds is 5. The highest BCUT2D eigenvalue weighted by molar-refractivity contribution is 6.31. The first kappa shape index (κ1) is 14.8. The molecule has 1 aromatic carbocycles. The number of methoxy groups -OCH3 is 1. The Morgan fingerprint density at radius 2 is 2.20 bits per heavy atom. The lowest BCUT2D eigenvalue weighted by Crippen LogP contribution is -2.20. The summed E-state index contributed by atoms with van der Waals surface area (Å²) in [4.78, 5) is 4.03. The van der Waals surface area contributed by atoms with Gasteiger partial charge in [-0.25, -0.2) is 4.39 Å². The Balaban J connectivity index is 2.31.